The zero-order valence-corrected chi connectivity index (χ0v) is 14.1. The minimum Gasteiger partial charge on any atom is -0.468 e. The van der Waals surface area contributed by atoms with E-state index >= 15 is 0 Å². The van der Waals surface area contributed by atoms with Gasteiger partial charge in [0.1, 0.15) is 5.76 Å². The van der Waals surface area contributed by atoms with Crippen LogP contribution in [0.25, 0.3) is 0 Å². The lowest BCUT2D eigenvalue weighted by Gasteiger charge is -2.36. The number of amides is 1. The molecule has 0 saturated carbocycles. The van der Waals surface area contributed by atoms with Crippen LogP contribution in [0.15, 0.2) is 53.1 Å². The molecule has 128 valence electrons. The number of para-hydroxylation sites is 1. The molecule has 2 heterocycles. The lowest BCUT2D eigenvalue weighted by molar-refractivity contribution is -0.131. The molecule has 3 rings (SSSR count). The average Bonchev–Trinajstić information content (AvgIpc) is 3.17. The summed E-state index contributed by atoms with van der Waals surface area (Å²) in [5, 5.41) is 3.34. The van der Waals surface area contributed by atoms with E-state index in [-0.39, 0.29) is 11.9 Å². The molecular formula is C19H25N3O2. The van der Waals surface area contributed by atoms with Gasteiger partial charge in [-0.1, -0.05) is 18.2 Å². The van der Waals surface area contributed by atoms with Crippen LogP contribution in [0.1, 0.15) is 25.1 Å². The maximum atomic E-state index is 12.4. The van der Waals surface area contributed by atoms with E-state index < -0.39 is 0 Å². The van der Waals surface area contributed by atoms with Crippen LogP contribution >= 0.6 is 0 Å². The quantitative estimate of drug-likeness (QED) is 0.886. The largest absolute Gasteiger partial charge is 0.468 e. The van der Waals surface area contributed by atoms with E-state index in [1.54, 1.807) is 6.26 Å². The molecule has 0 radical (unpaired) electrons. The van der Waals surface area contributed by atoms with Gasteiger partial charge in [-0.05, 0) is 31.2 Å². The molecule has 24 heavy (non-hydrogen) atoms. The molecule has 2 aromatic rings. The van der Waals surface area contributed by atoms with E-state index in [0.717, 1.165) is 31.9 Å². The van der Waals surface area contributed by atoms with Crippen molar-refractivity contribution in [3.05, 3.63) is 54.5 Å². The highest BCUT2D eigenvalue weighted by Crippen LogP contribution is 2.16. The number of nitrogens with zero attached hydrogens (tertiary/aromatic N) is 2. The molecule has 1 N–H and O–H groups in total. The van der Waals surface area contributed by atoms with Gasteiger partial charge < -0.3 is 19.5 Å². The highest BCUT2D eigenvalue weighted by Gasteiger charge is 2.21. The number of carbonyl (C=O) groups is 1. The van der Waals surface area contributed by atoms with Gasteiger partial charge in [-0.25, -0.2) is 0 Å². The second-order valence-corrected chi connectivity index (χ2v) is 6.14. The van der Waals surface area contributed by atoms with Gasteiger partial charge in [-0.3, -0.25) is 4.79 Å². The molecule has 1 atom stereocenters. The van der Waals surface area contributed by atoms with Crippen molar-refractivity contribution in [3.63, 3.8) is 0 Å². The predicted octanol–water partition coefficient (Wildman–Crippen LogP) is 2.67. The van der Waals surface area contributed by atoms with Crippen LogP contribution in [0.3, 0.4) is 0 Å². The summed E-state index contributed by atoms with van der Waals surface area (Å²) in [5.41, 5.74) is 1.23. The van der Waals surface area contributed by atoms with Crippen LogP contribution in [0.5, 0.6) is 0 Å². The first-order valence-electron chi connectivity index (χ1n) is 8.58. The van der Waals surface area contributed by atoms with Gasteiger partial charge in [0.25, 0.3) is 0 Å². The molecule has 0 unspecified atom stereocenters. The molecule has 0 spiro atoms. The molecule has 1 amide bonds. The summed E-state index contributed by atoms with van der Waals surface area (Å²) in [5.74, 6) is 1.13. The summed E-state index contributed by atoms with van der Waals surface area (Å²) >= 11 is 0. The maximum Gasteiger partial charge on any atom is 0.223 e. The van der Waals surface area contributed by atoms with Gasteiger partial charge in [-0.15, -0.1) is 0 Å². The zero-order valence-electron chi connectivity index (χ0n) is 14.1. The Hall–Kier alpha value is -2.27. The first-order chi connectivity index (χ1) is 11.7. The average molecular weight is 327 g/mol. The summed E-state index contributed by atoms with van der Waals surface area (Å²) in [6, 6.07) is 14.3. The molecule has 1 fully saturated rings. The number of hydrogen-bond donors (Lipinski definition) is 1. The third-order valence-corrected chi connectivity index (χ3v) is 4.51. The number of piperazine rings is 1. The number of nitrogens with one attached hydrogen (secondary N) is 1. The van der Waals surface area contributed by atoms with Gasteiger partial charge >= 0.3 is 0 Å². The molecular weight excluding hydrogens is 302 g/mol. The maximum absolute atomic E-state index is 12.4. The Labute approximate surface area is 143 Å². The molecule has 1 aromatic carbocycles. The van der Waals surface area contributed by atoms with Crippen LogP contribution in [0, 0.1) is 0 Å². The fraction of sp³-hybridized carbons (Fsp3) is 0.421. The summed E-state index contributed by atoms with van der Waals surface area (Å²) in [7, 11) is 0. The van der Waals surface area contributed by atoms with E-state index in [1.165, 1.54) is 5.69 Å². The molecule has 0 aliphatic carbocycles. The smallest absolute Gasteiger partial charge is 0.223 e. The monoisotopic (exact) mass is 327 g/mol. The Bertz CT molecular complexity index is 619. The number of rotatable bonds is 6. The summed E-state index contributed by atoms with van der Waals surface area (Å²) in [6.45, 7) is 6.09. The van der Waals surface area contributed by atoms with Gasteiger partial charge in [0.15, 0.2) is 0 Å². The summed E-state index contributed by atoms with van der Waals surface area (Å²) in [4.78, 5) is 16.7. The first kappa shape index (κ1) is 16.6. The Kier molecular flexibility index (Phi) is 5.54. The van der Waals surface area contributed by atoms with Gasteiger partial charge in [0.05, 0.1) is 12.3 Å². The highest BCUT2D eigenvalue weighted by molar-refractivity contribution is 5.76. The Balaban J connectivity index is 1.39. The van der Waals surface area contributed by atoms with Crippen LogP contribution in [0.2, 0.25) is 0 Å². The van der Waals surface area contributed by atoms with E-state index in [2.05, 4.69) is 34.5 Å². The molecule has 1 aliphatic heterocycles. The number of anilines is 1. The van der Waals surface area contributed by atoms with E-state index in [4.69, 9.17) is 4.42 Å². The van der Waals surface area contributed by atoms with E-state index in [1.807, 2.05) is 30.0 Å². The Morgan fingerprint density at radius 2 is 1.88 bits per heavy atom. The van der Waals surface area contributed by atoms with Crippen LogP contribution in [-0.4, -0.2) is 43.5 Å². The third-order valence-electron chi connectivity index (χ3n) is 4.51. The lowest BCUT2D eigenvalue weighted by atomic mass is 10.2. The van der Waals surface area contributed by atoms with Gasteiger partial charge in [0, 0.05) is 44.8 Å². The predicted molar refractivity (Wildman–Crippen MR) is 95.0 cm³/mol. The van der Waals surface area contributed by atoms with Crippen molar-refractivity contribution in [2.45, 2.75) is 19.4 Å². The Morgan fingerprint density at radius 3 is 2.54 bits per heavy atom. The standard InChI is InChI=1S/C19H25N3O2/c1-16(18-8-5-15-24-18)20-10-9-19(23)22-13-11-21(12-14-22)17-6-3-2-4-7-17/h2-8,15-16,20H,9-14H2,1H3/t16-/m0/s1. The van der Waals surface area contributed by atoms with Gasteiger partial charge in [0.2, 0.25) is 5.91 Å². The molecule has 5 nitrogen and oxygen atoms in total. The third kappa shape index (κ3) is 4.17. The highest BCUT2D eigenvalue weighted by atomic mass is 16.3. The Morgan fingerprint density at radius 1 is 1.12 bits per heavy atom. The fourth-order valence-electron chi connectivity index (χ4n) is 3.04. The number of carbonyl (C=O) groups excluding carboxylic acids is 1. The number of furan rings is 1. The van der Waals surface area contributed by atoms with Crippen molar-refractivity contribution < 1.29 is 9.21 Å². The molecule has 1 aliphatic rings. The van der Waals surface area contributed by atoms with Crippen LogP contribution < -0.4 is 10.2 Å². The zero-order chi connectivity index (χ0) is 16.8. The SMILES string of the molecule is C[C@H](NCCC(=O)N1CCN(c2ccccc2)CC1)c1ccco1. The second-order valence-electron chi connectivity index (χ2n) is 6.14. The molecule has 5 heteroatoms. The minimum atomic E-state index is 0.128. The topological polar surface area (TPSA) is 48.7 Å². The molecule has 1 aromatic heterocycles. The van der Waals surface area contributed by atoms with Crippen molar-refractivity contribution in [1.29, 1.82) is 0 Å². The van der Waals surface area contributed by atoms with Crippen molar-refractivity contribution in [3.8, 4) is 0 Å². The summed E-state index contributed by atoms with van der Waals surface area (Å²) in [6.07, 6.45) is 2.20. The minimum absolute atomic E-state index is 0.128. The van der Waals surface area contributed by atoms with Crippen molar-refractivity contribution >= 4 is 11.6 Å². The normalized spacial score (nSPS) is 16.2. The van der Waals surface area contributed by atoms with Crippen molar-refractivity contribution in [2.75, 3.05) is 37.6 Å². The van der Waals surface area contributed by atoms with Crippen LogP contribution in [-0.2, 0) is 4.79 Å². The first-order valence-corrected chi connectivity index (χ1v) is 8.58. The lowest BCUT2D eigenvalue weighted by Crippen LogP contribution is -2.49. The van der Waals surface area contributed by atoms with Crippen molar-refractivity contribution in [1.82, 2.24) is 10.2 Å². The number of benzene rings is 1. The van der Waals surface area contributed by atoms with E-state index in [0.29, 0.717) is 13.0 Å². The van der Waals surface area contributed by atoms with Crippen molar-refractivity contribution in [2.24, 2.45) is 0 Å². The van der Waals surface area contributed by atoms with Gasteiger partial charge in [-0.2, -0.15) is 0 Å². The van der Waals surface area contributed by atoms with E-state index in [9.17, 15) is 4.79 Å². The van der Waals surface area contributed by atoms with Crippen LogP contribution in [0.4, 0.5) is 5.69 Å². The molecule has 0 bridgehead atoms. The summed E-state index contributed by atoms with van der Waals surface area (Å²) < 4.78 is 5.36. The number of hydrogen-bond acceptors (Lipinski definition) is 4. The molecule has 1 saturated heterocycles. The second kappa shape index (κ2) is 8.02. The fourth-order valence-corrected chi connectivity index (χ4v) is 3.04.